The average molecular weight is 405 g/mol. The normalized spacial score (nSPS) is 26.4. The molecule has 1 saturated heterocycles. The molecule has 1 saturated carbocycles. The van der Waals surface area contributed by atoms with Crippen molar-refractivity contribution in [1.29, 1.82) is 0 Å². The lowest BCUT2D eigenvalue weighted by atomic mass is 9.67. The van der Waals surface area contributed by atoms with Crippen LogP contribution in [0, 0.1) is 11.8 Å². The molecule has 2 fully saturated rings. The van der Waals surface area contributed by atoms with E-state index in [1.54, 1.807) is 0 Å². The Bertz CT molecular complexity index is 637. The van der Waals surface area contributed by atoms with E-state index in [-0.39, 0.29) is 35.2 Å². The second-order valence-corrected chi connectivity index (χ2v) is 10.4. The summed E-state index contributed by atoms with van der Waals surface area (Å²) in [4.78, 5) is 0. The number of hydrogen-bond acceptors (Lipinski definition) is 4. The van der Waals surface area contributed by atoms with Crippen molar-refractivity contribution in [3.63, 3.8) is 0 Å². The molecule has 1 aliphatic carbocycles. The van der Waals surface area contributed by atoms with Crippen LogP contribution in [0.2, 0.25) is 0 Å². The van der Waals surface area contributed by atoms with Crippen molar-refractivity contribution in [3.8, 4) is 5.75 Å². The average Bonchev–Trinajstić information content (AvgIpc) is 3.52. The molecule has 164 valence electrons. The number of aliphatic hydroxyl groups is 1. The molecule has 1 aromatic carbocycles. The third kappa shape index (κ3) is 5.74. The largest absolute Gasteiger partial charge is 0.485 e. The number of rotatable bonds is 9. The van der Waals surface area contributed by atoms with Gasteiger partial charge in [-0.05, 0) is 74.5 Å². The molecule has 4 heteroatoms. The van der Waals surface area contributed by atoms with Crippen molar-refractivity contribution in [2.75, 3.05) is 13.2 Å². The van der Waals surface area contributed by atoms with E-state index in [0.29, 0.717) is 12.5 Å². The third-order valence-electron chi connectivity index (χ3n) is 7.06. The summed E-state index contributed by atoms with van der Waals surface area (Å²) in [7, 11) is 0. The third-order valence-corrected chi connectivity index (χ3v) is 7.06. The molecule has 4 nitrogen and oxygen atoms in total. The first kappa shape index (κ1) is 22.6. The molecule has 0 aromatic heterocycles. The Kier molecular flexibility index (Phi) is 6.97. The molecule has 1 aromatic rings. The minimum Gasteiger partial charge on any atom is -0.485 e. The fourth-order valence-electron chi connectivity index (χ4n) is 4.39. The Morgan fingerprint density at radius 2 is 1.62 bits per heavy atom. The topological polar surface area (TPSA) is 51.2 Å². The zero-order valence-corrected chi connectivity index (χ0v) is 19.1. The molecule has 2 atom stereocenters. The summed E-state index contributed by atoms with van der Waals surface area (Å²) in [5, 5.41) is 9.97. The maximum atomic E-state index is 9.97. The highest BCUT2D eigenvalue weighted by atomic mass is 16.6. The minimum absolute atomic E-state index is 0.121. The Hall–Kier alpha value is -1.10. The molecule has 2 unspecified atom stereocenters. The van der Waals surface area contributed by atoms with Crippen molar-refractivity contribution in [1.82, 2.24) is 0 Å². The van der Waals surface area contributed by atoms with Crippen LogP contribution in [0.4, 0.5) is 0 Å². The number of benzene rings is 1. The van der Waals surface area contributed by atoms with Gasteiger partial charge in [-0.25, -0.2) is 0 Å². The Morgan fingerprint density at radius 1 is 1.03 bits per heavy atom. The summed E-state index contributed by atoms with van der Waals surface area (Å²) < 4.78 is 17.5. The van der Waals surface area contributed by atoms with Crippen LogP contribution in [0.25, 0.3) is 0 Å². The lowest BCUT2D eigenvalue weighted by Gasteiger charge is -2.40. The number of hydrogen-bond donors (Lipinski definition) is 1. The molecule has 3 rings (SSSR count). The van der Waals surface area contributed by atoms with Crippen LogP contribution >= 0.6 is 0 Å². The van der Waals surface area contributed by atoms with Gasteiger partial charge < -0.3 is 19.3 Å². The van der Waals surface area contributed by atoms with E-state index in [1.807, 2.05) is 13.8 Å². The standard InChI is InChI=1S/C25H40O4/c1-17(2)22(26)15-27-20-11-7-18(8-12-20)24(3,4)19-9-13-21(14-10-19)29-25(5,6)23-16-28-23/h9-10,13-14,17-18,20,22-23,26H,7-8,11-12,15-16H2,1-6H3. The van der Waals surface area contributed by atoms with Crippen LogP contribution in [-0.4, -0.2) is 42.2 Å². The summed E-state index contributed by atoms with van der Waals surface area (Å²) >= 11 is 0. The zero-order valence-electron chi connectivity index (χ0n) is 19.1. The van der Waals surface area contributed by atoms with E-state index in [2.05, 4.69) is 52.0 Å². The van der Waals surface area contributed by atoms with Gasteiger partial charge in [0.05, 0.1) is 25.4 Å². The Morgan fingerprint density at radius 3 is 2.14 bits per heavy atom. The SMILES string of the molecule is CC(C)C(O)COC1CCC(C(C)(C)c2ccc(OC(C)(C)C3CO3)cc2)CC1. The van der Waals surface area contributed by atoms with Gasteiger partial charge in [-0.1, -0.05) is 39.8 Å². The van der Waals surface area contributed by atoms with Gasteiger partial charge in [0.2, 0.25) is 0 Å². The van der Waals surface area contributed by atoms with Gasteiger partial charge in [-0.3, -0.25) is 0 Å². The molecule has 29 heavy (non-hydrogen) atoms. The number of ether oxygens (including phenoxy) is 3. The molecule has 1 N–H and O–H groups in total. The second-order valence-electron chi connectivity index (χ2n) is 10.4. The highest BCUT2D eigenvalue weighted by Gasteiger charge is 2.42. The molecule has 0 radical (unpaired) electrons. The fourth-order valence-corrected chi connectivity index (χ4v) is 4.39. The molecule has 0 bridgehead atoms. The van der Waals surface area contributed by atoms with E-state index in [0.717, 1.165) is 25.2 Å². The van der Waals surface area contributed by atoms with E-state index >= 15 is 0 Å². The molecular formula is C25H40O4. The quantitative estimate of drug-likeness (QED) is 0.581. The maximum absolute atomic E-state index is 9.97. The van der Waals surface area contributed by atoms with Crippen LogP contribution in [0.1, 0.15) is 72.8 Å². The van der Waals surface area contributed by atoms with Crippen LogP contribution < -0.4 is 4.74 Å². The van der Waals surface area contributed by atoms with Crippen LogP contribution in [-0.2, 0) is 14.9 Å². The van der Waals surface area contributed by atoms with Gasteiger partial charge >= 0.3 is 0 Å². The van der Waals surface area contributed by atoms with E-state index < -0.39 is 0 Å². The van der Waals surface area contributed by atoms with Gasteiger partial charge in [-0.2, -0.15) is 0 Å². The predicted octanol–water partition coefficient (Wildman–Crippen LogP) is 5.11. The molecule has 0 amide bonds. The van der Waals surface area contributed by atoms with Crippen LogP contribution in [0.15, 0.2) is 24.3 Å². The first-order chi connectivity index (χ1) is 13.6. The van der Waals surface area contributed by atoms with Crippen LogP contribution in [0.5, 0.6) is 5.75 Å². The number of aliphatic hydroxyl groups excluding tert-OH is 1. The summed E-state index contributed by atoms with van der Waals surface area (Å²) in [5.74, 6) is 1.80. The molecule has 1 heterocycles. The Labute approximate surface area is 176 Å². The van der Waals surface area contributed by atoms with Gasteiger partial charge in [0.15, 0.2) is 0 Å². The van der Waals surface area contributed by atoms with E-state index in [4.69, 9.17) is 14.2 Å². The molecule has 0 spiro atoms. The van der Waals surface area contributed by atoms with Crippen molar-refractivity contribution in [3.05, 3.63) is 29.8 Å². The fraction of sp³-hybridized carbons (Fsp3) is 0.760. The molecular weight excluding hydrogens is 364 g/mol. The lowest BCUT2D eigenvalue weighted by molar-refractivity contribution is -0.0457. The summed E-state index contributed by atoms with van der Waals surface area (Å²) in [6.07, 6.45) is 4.63. The maximum Gasteiger partial charge on any atom is 0.132 e. The summed E-state index contributed by atoms with van der Waals surface area (Å²) in [5.41, 5.74) is 1.21. The monoisotopic (exact) mass is 404 g/mol. The zero-order chi connectivity index (χ0) is 21.2. The summed E-state index contributed by atoms with van der Waals surface area (Å²) in [6, 6.07) is 8.65. The van der Waals surface area contributed by atoms with Gasteiger partial charge in [0, 0.05) is 0 Å². The first-order valence-corrected chi connectivity index (χ1v) is 11.3. The number of epoxide rings is 1. The molecule has 1 aliphatic heterocycles. The molecule has 2 aliphatic rings. The van der Waals surface area contributed by atoms with E-state index in [9.17, 15) is 5.11 Å². The predicted molar refractivity (Wildman–Crippen MR) is 116 cm³/mol. The second kappa shape index (κ2) is 8.95. The van der Waals surface area contributed by atoms with E-state index in [1.165, 1.54) is 18.4 Å². The smallest absolute Gasteiger partial charge is 0.132 e. The van der Waals surface area contributed by atoms with Crippen molar-refractivity contribution >= 4 is 0 Å². The van der Waals surface area contributed by atoms with Gasteiger partial charge in [-0.15, -0.1) is 0 Å². The first-order valence-electron chi connectivity index (χ1n) is 11.3. The van der Waals surface area contributed by atoms with Gasteiger partial charge in [0.1, 0.15) is 17.5 Å². The van der Waals surface area contributed by atoms with Crippen molar-refractivity contribution in [2.45, 2.75) is 96.6 Å². The van der Waals surface area contributed by atoms with Crippen LogP contribution in [0.3, 0.4) is 0 Å². The van der Waals surface area contributed by atoms with Crippen molar-refractivity contribution < 1.29 is 19.3 Å². The highest BCUT2D eigenvalue weighted by molar-refractivity contribution is 5.33. The van der Waals surface area contributed by atoms with Crippen molar-refractivity contribution in [2.24, 2.45) is 11.8 Å². The lowest BCUT2D eigenvalue weighted by Crippen LogP contribution is -2.35. The highest BCUT2D eigenvalue weighted by Crippen LogP contribution is 2.42. The minimum atomic E-state index is -0.360. The summed E-state index contributed by atoms with van der Waals surface area (Å²) in [6.45, 7) is 14.2. The Balaban J connectivity index is 1.53. The van der Waals surface area contributed by atoms with Gasteiger partial charge in [0.25, 0.3) is 0 Å².